The van der Waals surface area contributed by atoms with E-state index in [2.05, 4.69) is 15.0 Å². The summed E-state index contributed by atoms with van der Waals surface area (Å²) >= 11 is 0. The van der Waals surface area contributed by atoms with Crippen LogP contribution in [0.3, 0.4) is 0 Å². The second-order valence-electron chi connectivity index (χ2n) is 7.99. The molecule has 0 bridgehead atoms. The van der Waals surface area contributed by atoms with Crippen LogP contribution >= 0.6 is 0 Å². The Hall–Kier alpha value is -2.93. The topological polar surface area (TPSA) is 75.9 Å². The highest BCUT2D eigenvalue weighted by Crippen LogP contribution is 2.32. The third kappa shape index (κ3) is 3.43. The Bertz CT molecular complexity index is 976. The van der Waals surface area contributed by atoms with Crippen molar-refractivity contribution in [2.24, 2.45) is 5.10 Å². The van der Waals surface area contributed by atoms with E-state index in [1.165, 1.54) is 0 Å². The molecule has 2 aliphatic heterocycles. The van der Waals surface area contributed by atoms with Gasteiger partial charge in [0.15, 0.2) is 0 Å². The number of hydrazone groups is 1. The monoisotopic (exact) mass is 408 g/mol. The number of rotatable bonds is 6. The fourth-order valence-electron chi connectivity index (χ4n) is 4.38. The molecular weight excluding hydrogens is 380 g/mol. The number of amides is 3. The lowest BCUT2D eigenvalue weighted by Crippen LogP contribution is -2.43. The van der Waals surface area contributed by atoms with Crippen molar-refractivity contribution in [1.82, 2.24) is 14.9 Å². The normalized spacial score (nSPS) is 24.2. The molecule has 0 radical (unpaired) electrons. The third-order valence-electron chi connectivity index (χ3n) is 6.20. The number of urea groups is 1. The Morgan fingerprint density at radius 2 is 2.03 bits per heavy atom. The van der Waals surface area contributed by atoms with Gasteiger partial charge in [-0.05, 0) is 44.7 Å². The predicted molar refractivity (Wildman–Crippen MR) is 114 cm³/mol. The molecule has 1 aromatic heterocycles. The number of aromatic nitrogens is 1. The summed E-state index contributed by atoms with van der Waals surface area (Å²) in [4.78, 5) is 25.8. The Morgan fingerprint density at radius 3 is 2.70 bits per heavy atom. The number of carbonyl (C=O) groups excluding carboxylic acids is 2. The van der Waals surface area contributed by atoms with Crippen LogP contribution in [0.2, 0.25) is 0 Å². The average molecular weight is 409 g/mol. The Kier molecular flexibility index (Phi) is 5.47. The minimum Gasteiger partial charge on any atom is -0.376 e. The summed E-state index contributed by atoms with van der Waals surface area (Å²) in [5.41, 5.74) is 2.72. The third-order valence-corrected chi connectivity index (χ3v) is 6.20. The van der Waals surface area contributed by atoms with Crippen LogP contribution in [0.1, 0.15) is 48.7 Å². The van der Waals surface area contributed by atoms with Crippen molar-refractivity contribution in [3.63, 3.8) is 0 Å². The van der Waals surface area contributed by atoms with Crippen molar-refractivity contribution < 1.29 is 14.3 Å². The summed E-state index contributed by atoms with van der Waals surface area (Å²) in [5.74, 6) is -0.356. The van der Waals surface area contributed by atoms with Gasteiger partial charge in [-0.15, -0.1) is 5.01 Å². The number of nitrogens with one attached hydrogen (secondary N) is 1. The fraction of sp³-hybridized carbons (Fsp3) is 0.435. The number of aryl methyl sites for hydroxylation is 1. The van der Waals surface area contributed by atoms with E-state index in [0.717, 1.165) is 53.5 Å². The Labute approximate surface area is 176 Å². The van der Waals surface area contributed by atoms with Gasteiger partial charge in [0.2, 0.25) is 0 Å². The fourth-order valence-corrected chi connectivity index (χ4v) is 4.38. The molecule has 3 heterocycles. The van der Waals surface area contributed by atoms with Crippen LogP contribution < -0.4 is 5.32 Å². The highest BCUT2D eigenvalue weighted by Gasteiger charge is 2.51. The van der Waals surface area contributed by atoms with E-state index < -0.39 is 11.6 Å². The Balaban J connectivity index is 1.57. The maximum absolute atomic E-state index is 13.2. The minimum absolute atomic E-state index is 0.238. The summed E-state index contributed by atoms with van der Waals surface area (Å²) < 4.78 is 7.97. The first-order valence-corrected chi connectivity index (χ1v) is 10.5. The first kappa shape index (κ1) is 20.3. The molecule has 4 rings (SSSR count). The largest absolute Gasteiger partial charge is 0.376 e. The molecule has 2 saturated heterocycles. The number of ether oxygens (including phenoxy) is 1. The van der Waals surface area contributed by atoms with Gasteiger partial charge in [0.25, 0.3) is 5.91 Å². The SMILES string of the molecule is CC[C@@]1(c2ccccc2)NC(=O)N(/N=C\c2cc(C)n(C[C@@H]3CCCO3)c2C)C1=O. The average Bonchev–Trinajstić information content (AvgIpc) is 3.42. The molecule has 2 fully saturated rings. The molecule has 2 atom stereocenters. The molecule has 7 nitrogen and oxygen atoms in total. The molecular formula is C23H28N4O3. The number of imide groups is 1. The molecule has 0 saturated carbocycles. The van der Waals surface area contributed by atoms with Crippen LogP contribution in [0.4, 0.5) is 4.79 Å². The number of hydrogen-bond acceptors (Lipinski definition) is 4. The zero-order valence-electron chi connectivity index (χ0n) is 17.7. The second-order valence-corrected chi connectivity index (χ2v) is 7.99. The number of benzene rings is 1. The van der Waals surface area contributed by atoms with Crippen molar-refractivity contribution in [2.75, 3.05) is 6.61 Å². The highest BCUT2D eigenvalue weighted by molar-refractivity contribution is 6.07. The van der Waals surface area contributed by atoms with E-state index >= 15 is 0 Å². The van der Waals surface area contributed by atoms with Crippen molar-refractivity contribution in [3.8, 4) is 0 Å². The van der Waals surface area contributed by atoms with E-state index in [4.69, 9.17) is 4.74 Å². The van der Waals surface area contributed by atoms with Crippen molar-refractivity contribution in [1.29, 1.82) is 0 Å². The van der Waals surface area contributed by atoms with Gasteiger partial charge < -0.3 is 14.6 Å². The Morgan fingerprint density at radius 1 is 1.27 bits per heavy atom. The summed E-state index contributed by atoms with van der Waals surface area (Å²) in [6.45, 7) is 7.59. The maximum Gasteiger partial charge on any atom is 0.346 e. The van der Waals surface area contributed by atoms with Crippen LogP contribution in [-0.4, -0.2) is 40.4 Å². The van der Waals surface area contributed by atoms with Crippen molar-refractivity contribution in [2.45, 2.75) is 58.2 Å². The molecule has 1 aromatic carbocycles. The summed E-state index contributed by atoms with van der Waals surface area (Å²) in [5, 5.41) is 8.07. The molecule has 158 valence electrons. The van der Waals surface area contributed by atoms with Crippen molar-refractivity contribution in [3.05, 3.63) is 58.9 Å². The van der Waals surface area contributed by atoms with E-state index in [1.807, 2.05) is 57.2 Å². The van der Waals surface area contributed by atoms with Gasteiger partial charge in [0.05, 0.1) is 12.3 Å². The van der Waals surface area contributed by atoms with E-state index in [0.29, 0.717) is 6.42 Å². The molecule has 0 aliphatic carbocycles. The highest BCUT2D eigenvalue weighted by atomic mass is 16.5. The molecule has 30 heavy (non-hydrogen) atoms. The quantitative estimate of drug-likeness (QED) is 0.587. The first-order chi connectivity index (χ1) is 14.5. The lowest BCUT2D eigenvalue weighted by Gasteiger charge is -2.24. The molecule has 2 aliphatic rings. The van der Waals surface area contributed by atoms with Crippen LogP contribution in [0.5, 0.6) is 0 Å². The van der Waals surface area contributed by atoms with Gasteiger partial charge in [0.1, 0.15) is 5.54 Å². The van der Waals surface area contributed by atoms with Gasteiger partial charge in [-0.3, -0.25) is 4.79 Å². The summed E-state index contributed by atoms with van der Waals surface area (Å²) in [7, 11) is 0. The maximum atomic E-state index is 13.2. The number of carbonyl (C=O) groups is 2. The summed E-state index contributed by atoms with van der Waals surface area (Å²) in [6.07, 6.45) is 4.46. The van der Waals surface area contributed by atoms with Crippen LogP contribution in [0.25, 0.3) is 0 Å². The van der Waals surface area contributed by atoms with E-state index in [1.54, 1.807) is 6.21 Å². The lowest BCUT2D eigenvalue weighted by molar-refractivity contribution is -0.131. The minimum atomic E-state index is -1.08. The van der Waals surface area contributed by atoms with Gasteiger partial charge >= 0.3 is 6.03 Å². The smallest absolute Gasteiger partial charge is 0.346 e. The number of nitrogens with zero attached hydrogens (tertiary/aromatic N) is 3. The zero-order valence-corrected chi connectivity index (χ0v) is 17.7. The molecule has 0 unspecified atom stereocenters. The van der Waals surface area contributed by atoms with Gasteiger partial charge in [-0.2, -0.15) is 5.10 Å². The number of hydrogen-bond donors (Lipinski definition) is 1. The van der Waals surface area contributed by atoms with E-state index in [9.17, 15) is 9.59 Å². The van der Waals surface area contributed by atoms with Crippen LogP contribution in [-0.2, 0) is 21.6 Å². The van der Waals surface area contributed by atoms with Gasteiger partial charge in [0, 0.05) is 30.1 Å². The molecule has 2 aromatic rings. The predicted octanol–water partition coefficient (Wildman–Crippen LogP) is 3.48. The van der Waals surface area contributed by atoms with Crippen molar-refractivity contribution >= 4 is 18.2 Å². The standard InChI is InChI=1S/C23H28N4O3/c1-4-23(19-9-6-5-7-10-19)21(28)27(22(29)25-23)24-14-18-13-16(2)26(17(18)3)15-20-11-8-12-30-20/h5-7,9-10,13-14,20H,4,8,11-12,15H2,1-3H3,(H,25,29)/b24-14-/t20-,23-/m0/s1. The van der Waals surface area contributed by atoms with Crippen LogP contribution in [0.15, 0.2) is 41.5 Å². The van der Waals surface area contributed by atoms with Crippen LogP contribution in [0, 0.1) is 13.8 Å². The lowest BCUT2D eigenvalue weighted by atomic mass is 9.87. The first-order valence-electron chi connectivity index (χ1n) is 10.5. The molecule has 3 amide bonds. The van der Waals surface area contributed by atoms with E-state index in [-0.39, 0.29) is 12.0 Å². The van der Waals surface area contributed by atoms with Gasteiger partial charge in [-0.25, -0.2) is 4.79 Å². The molecule has 0 spiro atoms. The second kappa shape index (κ2) is 8.07. The van der Waals surface area contributed by atoms with Gasteiger partial charge in [-0.1, -0.05) is 37.3 Å². The summed E-state index contributed by atoms with van der Waals surface area (Å²) in [6, 6.07) is 10.8. The zero-order chi connectivity index (χ0) is 21.3. The molecule has 7 heteroatoms. The molecule has 1 N–H and O–H groups in total.